The molecule has 1 unspecified atom stereocenters. The molecule has 1 aromatic carbocycles. The third-order valence-corrected chi connectivity index (χ3v) is 4.42. The van der Waals surface area contributed by atoms with Crippen molar-refractivity contribution in [1.82, 2.24) is 4.72 Å². The van der Waals surface area contributed by atoms with E-state index in [1.807, 2.05) is 6.92 Å². The Hall–Kier alpha value is -0.860. The average Bonchev–Trinajstić information content (AvgIpc) is 2.44. The number of halogens is 1. The Morgan fingerprint density at radius 2 is 2.10 bits per heavy atom. The summed E-state index contributed by atoms with van der Waals surface area (Å²) >= 11 is 5.89. The summed E-state index contributed by atoms with van der Waals surface area (Å²) in [7, 11) is -2.48. The van der Waals surface area contributed by atoms with E-state index in [2.05, 4.69) is 4.72 Å². The molecule has 0 spiro atoms. The van der Waals surface area contributed by atoms with E-state index in [-0.39, 0.29) is 34.9 Å². The lowest BCUT2D eigenvalue weighted by atomic mass is 10.2. The first-order chi connectivity index (χ1) is 9.85. The Labute approximate surface area is 130 Å². The fourth-order valence-electron chi connectivity index (χ4n) is 1.82. The number of aliphatic hydroxyl groups excluding tert-OH is 1. The first-order valence-electron chi connectivity index (χ1n) is 6.44. The van der Waals surface area contributed by atoms with Crippen molar-refractivity contribution in [3.8, 4) is 5.75 Å². The van der Waals surface area contributed by atoms with Crippen LogP contribution in [-0.2, 0) is 21.4 Å². The molecule has 21 heavy (non-hydrogen) atoms. The van der Waals surface area contributed by atoms with Gasteiger partial charge in [0.15, 0.2) is 0 Å². The van der Waals surface area contributed by atoms with E-state index in [1.165, 1.54) is 19.2 Å². The molecule has 0 saturated heterocycles. The Kier molecular flexibility index (Phi) is 6.89. The van der Waals surface area contributed by atoms with E-state index in [9.17, 15) is 13.5 Å². The van der Waals surface area contributed by atoms with Crippen LogP contribution in [0.1, 0.15) is 19.4 Å². The molecule has 0 bridgehead atoms. The molecule has 0 heterocycles. The third-order valence-electron chi connectivity index (χ3n) is 2.77. The van der Waals surface area contributed by atoms with Gasteiger partial charge in [-0.15, -0.1) is 0 Å². The van der Waals surface area contributed by atoms with Gasteiger partial charge in [0.25, 0.3) is 0 Å². The summed E-state index contributed by atoms with van der Waals surface area (Å²) in [5.41, 5.74) is 0.309. The highest BCUT2D eigenvalue weighted by Gasteiger charge is 2.23. The van der Waals surface area contributed by atoms with E-state index >= 15 is 0 Å². The van der Waals surface area contributed by atoms with Crippen molar-refractivity contribution in [2.24, 2.45) is 0 Å². The lowest BCUT2D eigenvalue weighted by Crippen LogP contribution is -2.32. The maximum atomic E-state index is 12.4. The molecule has 0 aliphatic heterocycles. The average molecular weight is 338 g/mol. The summed E-state index contributed by atoms with van der Waals surface area (Å²) in [6.45, 7) is 3.85. The van der Waals surface area contributed by atoms with Crippen LogP contribution in [0.2, 0.25) is 5.02 Å². The van der Waals surface area contributed by atoms with Crippen LogP contribution in [0, 0.1) is 0 Å². The maximum Gasteiger partial charge on any atom is 0.244 e. The number of aliphatic hydroxyl groups is 1. The SMILES string of the molecule is CCOC(C)CNS(=O)(=O)c1cc(Cl)cc(CO)c1OC. The van der Waals surface area contributed by atoms with Gasteiger partial charge >= 0.3 is 0 Å². The summed E-state index contributed by atoms with van der Waals surface area (Å²) < 4.78 is 37.5. The van der Waals surface area contributed by atoms with Gasteiger partial charge < -0.3 is 14.6 Å². The zero-order valence-corrected chi connectivity index (χ0v) is 13.8. The van der Waals surface area contributed by atoms with Gasteiger partial charge in [-0.3, -0.25) is 0 Å². The summed E-state index contributed by atoms with van der Waals surface area (Å²) in [6.07, 6.45) is -0.257. The normalized spacial score (nSPS) is 13.2. The van der Waals surface area contributed by atoms with Gasteiger partial charge in [0.2, 0.25) is 10.0 Å². The quantitative estimate of drug-likeness (QED) is 0.751. The molecule has 2 N–H and O–H groups in total. The van der Waals surface area contributed by atoms with Gasteiger partial charge in [-0.1, -0.05) is 11.6 Å². The molecule has 0 saturated carbocycles. The Balaban J connectivity index is 3.10. The zero-order chi connectivity index (χ0) is 16.0. The molecule has 0 aromatic heterocycles. The highest BCUT2D eigenvalue weighted by molar-refractivity contribution is 7.89. The molecule has 0 fully saturated rings. The lowest BCUT2D eigenvalue weighted by molar-refractivity contribution is 0.0799. The molecule has 6 nitrogen and oxygen atoms in total. The first-order valence-corrected chi connectivity index (χ1v) is 8.30. The number of sulfonamides is 1. The van der Waals surface area contributed by atoms with Crippen molar-refractivity contribution in [3.63, 3.8) is 0 Å². The number of benzene rings is 1. The maximum absolute atomic E-state index is 12.4. The largest absolute Gasteiger partial charge is 0.495 e. The second-order valence-electron chi connectivity index (χ2n) is 4.37. The van der Waals surface area contributed by atoms with Crippen molar-refractivity contribution < 1.29 is 23.0 Å². The number of ether oxygens (including phenoxy) is 2. The number of hydrogen-bond donors (Lipinski definition) is 2. The lowest BCUT2D eigenvalue weighted by Gasteiger charge is -2.16. The smallest absolute Gasteiger partial charge is 0.244 e. The highest BCUT2D eigenvalue weighted by atomic mass is 35.5. The summed E-state index contributed by atoms with van der Waals surface area (Å²) in [5.74, 6) is 0.0819. The van der Waals surface area contributed by atoms with Gasteiger partial charge in [-0.2, -0.15) is 0 Å². The summed E-state index contributed by atoms with van der Waals surface area (Å²) in [6, 6.07) is 2.75. The van der Waals surface area contributed by atoms with Crippen molar-refractivity contribution in [1.29, 1.82) is 0 Å². The molecule has 8 heteroatoms. The Morgan fingerprint density at radius 3 is 2.62 bits per heavy atom. The standard InChI is InChI=1S/C13H20ClNO5S/c1-4-20-9(2)7-15-21(17,18)12-6-11(14)5-10(8-16)13(12)19-3/h5-6,9,15-16H,4,7-8H2,1-3H3. The third kappa shape index (κ3) is 4.82. The van der Waals surface area contributed by atoms with E-state index in [0.717, 1.165) is 0 Å². The van der Waals surface area contributed by atoms with E-state index in [1.54, 1.807) is 6.92 Å². The van der Waals surface area contributed by atoms with Crippen LogP contribution in [0.25, 0.3) is 0 Å². The van der Waals surface area contributed by atoms with Gasteiger partial charge in [-0.25, -0.2) is 13.1 Å². The zero-order valence-electron chi connectivity index (χ0n) is 12.2. The second kappa shape index (κ2) is 7.95. The fourth-order valence-corrected chi connectivity index (χ4v) is 3.48. The Bertz CT molecular complexity index is 576. The number of nitrogens with one attached hydrogen (secondary N) is 1. The van der Waals surface area contributed by atoms with Gasteiger partial charge in [0, 0.05) is 23.7 Å². The van der Waals surface area contributed by atoms with Crippen LogP contribution in [0.3, 0.4) is 0 Å². The molecular formula is C13H20ClNO5S. The van der Waals surface area contributed by atoms with Crippen molar-refractivity contribution in [2.45, 2.75) is 31.5 Å². The molecule has 120 valence electrons. The number of methoxy groups -OCH3 is 1. The van der Waals surface area contributed by atoms with Crippen molar-refractivity contribution in [3.05, 3.63) is 22.7 Å². The Morgan fingerprint density at radius 1 is 1.43 bits per heavy atom. The molecule has 0 aliphatic carbocycles. The van der Waals surface area contributed by atoms with Crippen LogP contribution in [-0.4, -0.2) is 39.9 Å². The molecule has 1 aromatic rings. The van der Waals surface area contributed by atoms with E-state index < -0.39 is 10.0 Å². The number of hydrogen-bond acceptors (Lipinski definition) is 5. The van der Waals surface area contributed by atoms with Crippen LogP contribution in [0.15, 0.2) is 17.0 Å². The molecule has 0 aliphatic rings. The van der Waals surface area contributed by atoms with E-state index in [0.29, 0.717) is 12.2 Å². The second-order valence-corrected chi connectivity index (χ2v) is 6.54. The minimum Gasteiger partial charge on any atom is -0.495 e. The molecule has 0 amide bonds. The van der Waals surface area contributed by atoms with Gasteiger partial charge in [0.1, 0.15) is 10.6 Å². The topological polar surface area (TPSA) is 84.9 Å². The molecular weight excluding hydrogens is 318 g/mol. The number of rotatable bonds is 8. The summed E-state index contributed by atoms with van der Waals surface area (Å²) in [4.78, 5) is -0.106. The van der Waals surface area contributed by atoms with Gasteiger partial charge in [0.05, 0.1) is 19.8 Å². The van der Waals surface area contributed by atoms with Crippen LogP contribution >= 0.6 is 11.6 Å². The fraction of sp³-hybridized carbons (Fsp3) is 0.538. The van der Waals surface area contributed by atoms with Gasteiger partial charge in [-0.05, 0) is 26.0 Å². The summed E-state index contributed by atoms with van der Waals surface area (Å²) in [5, 5.41) is 9.48. The van der Waals surface area contributed by atoms with Crippen LogP contribution in [0.5, 0.6) is 5.75 Å². The predicted octanol–water partition coefficient (Wildman–Crippen LogP) is 1.54. The highest BCUT2D eigenvalue weighted by Crippen LogP contribution is 2.31. The van der Waals surface area contributed by atoms with Crippen molar-refractivity contribution in [2.75, 3.05) is 20.3 Å². The molecule has 1 rings (SSSR count). The van der Waals surface area contributed by atoms with E-state index in [4.69, 9.17) is 21.1 Å². The minimum atomic E-state index is -3.82. The molecule has 1 atom stereocenters. The molecule has 0 radical (unpaired) electrons. The van der Waals surface area contributed by atoms with Crippen LogP contribution in [0.4, 0.5) is 0 Å². The van der Waals surface area contributed by atoms with Crippen LogP contribution < -0.4 is 9.46 Å². The van der Waals surface area contributed by atoms with Crippen molar-refractivity contribution >= 4 is 21.6 Å². The first kappa shape index (κ1) is 18.2. The predicted molar refractivity (Wildman–Crippen MR) is 80.2 cm³/mol. The monoisotopic (exact) mass is 337 g/mol. The minimum absolute atomic E-state index is 0.0819.